The van der Waals surface area contributed by atoms with Gasteiger partial charge in [-0.3, -0.25) is 14.9 Å². The van der Waals surface area contributed by atoms with Crippen LogP contribution in [-0.2, 0) is 11.2 Å². The molecule has 3 N–H and O–H groups in total. The van der Waals surface area contributed by atoms with E-state index in [0.29, 0.717) is 21.3 Å². The van der Waals surface area contributed by atoms with Crippen LogP contribution < -0.4 is 10.7 Å². The van der Waals surface area contributed by atoms with Crippen molar-refractivity contribution < 1.29 is 14.7 Å². The molecule has 3 aromatic rings. The van der Waals surface area contributed by atoms with Crippen LogP contribution >= 0.6 is 11.3 Å². The van der Waals surface area contributed by atoms with E-state index in [1.807, 2.05) is 19.1 Å². The molecular formula is C19H17N5O3S. The summed E-state index contributed by atoms with van der Waals surface area (Å²) in [5.74, 6) is -0.545. The lowest BCUT2D eigenvalue weighted by atomic mass is 10.1. The minimum Gasteiger partial charge on any atom is -0.508 e. The highest BCUT2D eigenvalue weighted by Gasteiger charge is 2.12. The maximum atomic E-state index is 12.2. The molecule has 1 aromatic heterocycles. The predicted octanol–water partition coefficient (Wildman–Crippen LogP) is 2.50. The van der Waals surface area contributed by atoms with Crippen molar-refractivity contribution in [2.45, 2.75) is 13.3 Å². The first-order valence-corrected chi connectivity index (χ1v) is 9.12. The lowest BCUT2D eigenvalue weighted by molar-refractivity contribution is -0.120. The number of hydrazone groups is 1. The Morgan fingerprint density at radius 3 is 2.71 bits per heavy atom. The number of aromatic nitrogens is 2. The molecule has 2 amide bonds. The van der Waals surface area contributed by atoms with Crippen LogP contribution in [0.25, 0.3) is 0 Å². The highest BCUT2D eigenvalue weighted by atomic mass is 32.1. The topological polar surface area (TPSA) is 117 Å². The molecule has 0 aliphatic rings. The average Bonchev–Trinajstić information content (AvgIpc) is 3.09. The Morgan fingerprint density at radius 2 is 1.96 bits per heavy atom. The van der Waals surface area contributed by atoms with Crippen molar-refractivity contribution in [3.63, 3.8) is 0 Å². The van der Waals surface area contributed by atoms with Gasteiger partial charge in [0.1, 0.15) is 10.8 Å². The van der Waals surface area contributed by atoms with E-state index >= 15 is 0 Å². The van der Waals surface area contributed by atoms with E-state index in [0.717, 1.165) is 16.9 Å². The number of hydrogen-bond donors (Lipinski definition) is 3. The minimum absolute atomic E-state index is 0.0184. The zero-order chi connectivity index (χ0) is 19.9. The summed E-state index contributed by atoms with van der Waals surface area (Å²) in [5.41, 5.74) is 4.61. The molecule has 0 spiro atoms. The van der Waals surface area contributed by atoms with Crippen molar-refractivity contribution in [1.29, 1.82) is 0 Å². The van der Waals surface area contributed by atoms with Gasteiger partial charge in [0.05, 0.1) is 12.6 Å². The number of phenols is 1. The first-order valence-electron chi connectivity index (χ1n) is 8.31. The van der Waals surface area contributed by atoms with Crippen molar-refractivity contribution in [1.82, 2.24) is 15.6 Å². The second-order valence-corrected chi connectivity index (χ2v) is 6.95. The lowest BCUT2D eigenvalue weighted by Gasteiger charge is -2.01. The van der Waals surface area contributed by atoms with E-state index in [4.69, 9.17) is 0 Å². The van der Waals surface area contributed by atoms with Gasteiger partial charge < -0.3 is 5.11 Å². The van der Waals surface area contributed by atoms with E-state index in [1.54, 1.807) is 30.3 Å². The highest BCUT2D eigenvalue weighted by molar-refractivity contribution is 7.15. The fourth-order valence-electron chi connectivity index (χ4n) is 2.21. The number of hydrogen-bond acceptors (Lipinski definition) is 7. The summed E-state index contributed by atoms with van der Waals surface area (Å²) in [7, 11) is 0. The monoisotopic (exact) mass is 395 g/mol. The van der Waals surface area contributed by atoms with Gasteiger partial charge in [0, 0.05) is 5.56 Å². The van der Waals surface area contributed by atoms with Crippen molar-refractivity contribution in [3.8, 4) is 5.75 Å². The van der Waals surface area contributed by atoms with Crippen LogP contribution in [0.4, 0.5) is 5.13 Å². The smallest absolute Gasteiger partial charge is 0.257 e. The lowest BCUT2D eigenvalue weighted by Crippen LogP contribution is -2.19. The summed E-state index contributed by atoms with van der Waals surface area (Å²) in [6, 6.07) is 13.6. The zero-order valence-corrected chi connectivity index (χ0v) is 15.7. The highest BCUT2D eigenvalue weighted by Crippen LogP contribution is 2.17. The summed E-state index contributed by atoms with van der Waals surface area (Å²) in [4.78, 5) is 24.1. The SMILES string of the molecule is Cc1ccc(C(=O)Nc2nnc(CC(=O)N/N=C\c3cccc(O)c3)s2)cc1. The maximum absolute atomic E-state index is 12.2. The Balaban J connectivity index is 1.51. The van der Waals surface area contributed by atoms with Crippen molar-refractivity contribution in [3.05, 3.63) is 70.2 Å². The third kappa shape index (κ3) is 5.45. The molecule has 142 valence electrons. The molecule has 0 saturated carbocycles. The molecule has 0 aliphatic carbocycles. The second kappa shape index (κ2) is 8.87. The Bertz CT molecular complexity index is 1010. The van der Waals surface area contributed by atoms with Crippen molar-refractivity contribution in [2.24, 2.45) is 5.10 Å². The predicted molar refractivity (Wildman–Crippen MR) is 107 cm³/mol. The van der Waals surface area contributed by atoms with Gasteiger partial charge >= 0.3 is 0 Å². The minimum atomic E-state index is -0.371. The van der Waals surface area contributed by atoms with Crippen molar-refractivity contribution in [2.75, 3.05) is 5.32 Å². The first-order chi connectivity index (χ1) is 13.5. The van der Waals surface area contributed by atoms with Gasteiger partial charge in [-0.1, -0.05) is 41.2 Å². The Hall–Kier alpha value is -3.59. The number of amides is 2. The third-order valence-corrected chi connectivity index (χ3v) is 4.42. The number of nitrogens with one attached hydrogen (secondary N) is 2. The number of carbonyl (C=O) groups excluding carboxylic acids is 2. The standard InChI is InChI=1S/C19H17N5O3S/c1-12-5-7-14(8-6-12)18(27)21-19-24-23-17(28-19)10-16(26)22-20-11-13-3-2-4-15(25)9-13/h2-9,11,25H,10H2,1H3,(H,22,26)(H,21,24,27)/b20-11-. The summed E-state index contributed by atoms with van der Waals surface area (Å²) in [6.07, 6.45) is 1.40. The summed E-state index contributed by atoms with van der Waals surface area (Å²) >= 11 is 1.12. The molecule has 0 saturated heterocycles. The number of aryl methyl sites for hydroxylation is 1. The molecule has 0 unspecified atom stereocenters. The Kier molecular flexibility index (Phi) is 6.07. The normalized spacial score (nSPS) is 10.8. The Labute approximate surface area is 165 Å². The maximum Gasteiger partial charge on any atom is 0.257 e. The number of aromatic hydroxyl groups is 1. The van der Waals surface area contributed by atoms with E-state index in [9.17, 15) is 14.7 Å². The second-order valence-electron chi connectivity index (χ2n) is 5.89. The molecule has 0 radical (unpaired) electrons. The van der Waals surface area contributed by atoms with Gasteiger partial charge in [-0.2, -0.15) is 5.10 Å². The van der Waals surface area contributed by atoms with Gasteiger partial charge in [-0.05, 0) is 36.8 Å². The van der Waals surface area contributed by atoms with Gasteiger partial charge in [-0.15, -0.1) is 10.2 Å². The molecule has 3 rings (SSSR count). The number of phenolic OH excluding ortho intramolecular Hbond substituents is 1. The Morgan fingerprint density at radius 1 is 1.18 bits per heavy atom. The molecule has 2 aromatic carbocycles. The van der Waals surface area contributed by atoms with Gasteiger partial charge in [-0.25, -0.2) is 5.43 Å². The zero-order valence-electron chi connectivity index (χ0n) is 14.9. The number of anilines is 1. The van der Waals surface area contributed by atoms with Crippen LogP contribution in [0.2, 0.25) is 0 Å². The van der Waals surface area contributed by atoms with Crippen LogP contribution in [0.5, 0.6) is 5.75 Å². The summed E-state index contributed by atoms with van der Waals surface area (Å²) < 4.78 is 0. The molecule has 28 heavy (non-hydrogen) atoms. The average molecular weight is 395 g/mol. The molecule has 0 atom stereocenters. The van der Waals surface area contributed by atoms with Crippen LogP contribution in [0.1, 0.15) is 26.5 Å². The molecule has 0 bridgehead atoms. The molecular weight excluding hydrogens is 378 g/mol. The number of rotatable bonds is 6. The summed E-state index contributed by atoms with van der Waals surface area (Å²) in [5, 5.41) is 24.4. The van der Waals surface area contributed by atoms with Gasteiger partial charge in [0.2, 0.25) is 11.0 Å². The molecule has 9 heteroatoms. The fourth-order valence-corrected chi connectivity index (χ4v) is 2.94. The van der Waals surface area contributed by atoms with Crippen LogP contribution in [-0.4, -0.2) is 33.3 Å². The molecule has 1 heterocycles. The molecule has 8 nitrogen and oxygen atoms in total. The van der Waals surface area contributed by atoms with E-state index in [-0.39, 0.29) is 24.0 Å². The number of carbonyl (C=O) groups is 2. The van der Waals surface area contributed by atoms with Crippen LogP contribution in [0.3, 0.4) is 0 Å². The van der Waals surface area contributed by atoms with Crippen molar-refractivity contribution >= 4 is 34.5 Å². The summed E-state index contributed by atoms with van der Waals surface area (Å²) in [6.45, 7) is 1.94. The number of benzene rings is 2. The van der Waals surface area contributed by atoms with Crippen LogP contribution in [0.15, 0.2) is 53.6 Å². The molecule has 0 aliphatic heterocycles. The van der Waals surface area contributed by atoms with E-state index < -0.39 is 0 Å². The fraction of sp³-hybridized carbons (Fsp3) is 0.105. The van der Waals surface area contributed by atoms with Gasteiger partial charge in [0.15, 0.2) is 0 Å². The van der Waals surface area contributed by atoms with Crippen LogP contribution in [0, 0.1) is 6.92 Å². The third-order valence-electron chi connectivity index (χ3n) is 3.59. The molecule has 0 fully saturated rings. The van der Waals surface area contributed by atoms with E-state index in [1.165, 1.54) is 12.3 Å². The van der Waals surface area contributed by atoms with Gasteiger partial charge in [0.25, 0.3) is 5.91 Å². The largest absolute Gasteiger partial charge is 0.508 e. The quantitative estimate of drug-likeness (QED) is 0.438. The number of nitrogens with zero attached hydrogens (tertiary/aromatic N) is 3. The van der Waals surface area contributed by atoms with E-state index in [2.05, 4.69) is 26.0 Å². The first kappa shape index (κ1) is 19.2.